The number of nitrogens with zero attached hydrogens (tertiary/aromatic N) is 1. The third-order valence-corrected chi connectivity index (χ3v) is 6.70. The number of hydrogen-bond acceptors (Lipinski definition) is 5. The normalized spacial score (nSPS) is 11.3. The third-order valence-electron chi connectivity index (χ3n) is 4.83. The van der Waals surface area contributed by atoms with E-state index in [1.807, 2.05) is 12.1 Å². The summed E-state index contributed by atoms with van der Waals surface area (Å²) in [7, 11) is -0.742. The van der Waals surface area contributed by atoms with Crippen LogP contribution >= 0.6 is 0 Å². The van der Waals surface area contributed by atoms with E-state index >= 15 is 0 Å². The minimum absolute atomic E-state index is 0.00582. The van der Waals surface area contributed by atoms with E-state index in [0.29, 0.717) is 29.4 Å². The van der Waals surface area contributed by atoms with E-state index in [-0.39, 0.29) is 23.8 Å². The van der Waals surface area contributed by atoms with E-state index in [0.717, 1.165) is 16.4 Å². The molecule has 0 aliphatic carbocycles. The second-order valence-corrected chi connectivity index (χ2v) is 9.25. The highest BCUT2D eigenvalue weighted by Gasteiger charge is 2.20. The lowest BCUT2D eigenvalue weighted by Crippen LogP contribution is -2.28. The van der Waals surface area contributed by atoms with Crippen LogP contribution in [0.25, 0.3) is 0 Å². The number of amides is 1. The molecule has 1 amide bonds. The average molecular weight is 473 g/mol. The van der Waals surface area contributed by atoms with E-state index in [2.05, 4.69) is 5.32 Å². The first-order valence-electron chi connectivity index (χ1n) is 10.2. The Morgan fingerprint density at radius 2 is 1.61 bits per heavy atom. The van der Waals surface area contributed by atoms with Gasteiger partial charge in [0.05, 0.1) is 12.0 Å². The summed E-state index contributed by atoms with van der Waals surface area (Å²) in [6.45, 7) is 0.152. The first-order chi connectivity index (χ1) is 15.8. The molecule has 9 heteroatoms. The van der Waals surface area contributed by atoms with Gasteiger partial charge in [-0.2, -0.15) is 0 Å². The standard InChI is InChI=1S/C24H25FN2O5S/c1-27(33(29,30)21-15-9-18(25)10-16-21)17-5-8-24(28)26-19-11-13-20(14-12-19)32-23-7-4-3-6-22(23)31-2/h3-4,6-7,9-16H,5,8,17H2,1-2H3,(H,26,28). The molecule has 3 aromatic rings. The summed E-state index contributed by atoms with van der Waals surface area (Å²) >= 11 is 0. The molecule has 33 heavy (non-hydrogen) atoms. The van der Waals surface area contributed by atoms with Crippen molar-refractivity contribution < 1.29 is 27.1 Å². The van der Waals surface area contributed by atoms with Gasteiger partial charge in [0.15, 0.2) is 11.5 Å². The van der Waals surface area contributed by atoms with Gasteiger partial charge in [0.1, 0.15) is 11.6 Å². The van der Waals surface area contributed by atoms with E-state index in [9.17, 15) is 17.6 Å². The largest absolute Gasteiger partial charge is 0.493 e. The number of carbonyl (C=O) groups is 1. The van der Waals surface area contributed by atoms with Gasteiger partial charge >= 0.3 is 0 Å². The second kappa shape index (κ2) is 10.9. The monoisotopic (exact) mass is 472 g/mol. The Bertz CT molecular complexity index is 1180. The molecule has 0 aliphatic heterocycles. The van der Waals surface area contributed by atoms with Gasteiger partial charge in [0.25, 0.3) is 0 Å². The van der Waals surface area contributed by atoms with Gasteiger partial charge < -0.3 is 14.8 Å². The Morgan fingerprint density at radius 3 is 2.24 bits per heavy atom. The molecular formula is C24H25FN2O5S. The van der Waals surface area contributed by atoms with Crippen molar-refractivity contribution in [1.29, 1.82) is 0 Å². The summed E-state index contributed by atoms with van der Waals surface area (Å²) in [5.74, 6) is 1.04. The molecule has 0 heterocycles. The summed E-state index contributed by atoms with van der Waals surface area (Å²) in [5.41, 5.74) is 0.597. The van der Waals surface area contributed by atoms with Crippen LogP contribution in [0, 0.1) is 5.82 Å². The number of sulfonamides is 1. The first-order valence-corrected chi connectivity index (χ1v) is 11.7. The van der Waals surface area contributed by atoms with Crippen LogP contribution in [0.4, 0.5) is 10.1 Å². The maximum absolute atomic E-state index is 13.0. The fourth-order valence-corrected chi connectivity index (χ4v) is 4.24. The highest BCUT2D eigenvalue weighted by Crippen LogP contribution is 2.31. The molecule has 0 unspecified atom stereocenters. The summed E-state index contributed by atoms with van der Waals surface area (Å²) in [4.78, 5) is 12.2. The molecule has 0 saturated carbocycles. The topological polar surface area (TPSA) is 84.9 Å². The zero-order valence-corrected chi connectivity index (χ0v) is 19.1. The van der Waals surface area contributed by atoms with Gasteiger partial charge in [0.2, 0.25) is 15.9 Å². The maximum atomic E-state index is 13.0. The van der Waals surface area contributed by atoms with Crippen LogP contribution in [-0.2, 0) is 14.8 Å². The number of rotatable bonds is 10. The number of para-hydroxylation sites is 2. The quantitative estimate of drug-likeness (QED) is 0.464. The number of hydrogen-bond donors (Lipinski definition) is 1. The van der Waals surface area contributed by atoms with Crippen LogP contribution in [0.1, 0.15) is 12.8 Å². The van der Waals surface area contributed by atoms with Crippen molar-refractivity contribution in [1.82, 2.24) is 4.31 Å². The summed E-state index contributed by atoms with van der Waals surface area (Å²) in [6, 6.07) is 18.8. The zero-order chi connectivity index (χ0) is 23.8. The molecule has 3 aromatic carbocycles. The molecule has 7 nitrogen and oxygen atoms in total. The van der Waals surface area contributed by atoms with Crippen molar-refractivity contribution in [2.45, 2.75) is 17.7 Å². The molecule has 0 spiro atoms. The maximum Gasteiger partial charge on any atom is 0.242 e. The molecule has 0 aliphatic rings. The number of nitrogens with one attached hydrogen (secondary N) is 1. The number of ether oxygens (including phenoxy) is 2. The van der Waals surface area contributed by atoms with Gasteiger partial charge in [-0.25, -0.2) is 17.1 Å². The Balaban J connectivity index is 1.48. The Labute approximate surface area is 192 Å². The number of anilines is 1. The SMILES string of the molecule is COc1ccccc1Oc1ccc(NC(=O)CCCN(C)S(=O)(=O)c2ccc(F)cc2)cc1. The Hall–Kier alpha value is -3.43. The third kappa shape index (κ3) is 6.53. The van der Waals surface area contributed by atoms with Crippen molar-refractivity contribution in [2.75, 3.05) is 26.0 Å². The highest BCUT2D eigenvalue weighted by molar-refractivity contribution is 7.89. The van der Waals surface area contributed by atoms with Crippen molar-refractivity contribution >= 4 is 21.6 Å². The molecule has 174 valence electrons. The van der Waals surface area contributed by atoms with Crippen LogP contribution < -0.4 is 14.8 Å². The Morgan fingerprint density at radius 1 is 0.970 bits per heavy atom. The zero-order valence-electron chi connectivity index (χ0n) is 18.3. The van der Waals surface area contributed by atoms with Crippen LogP contribution in [0.2, 0.25) is 0 Å². The van der Waals surface area contributed by atoms with Crippen molar-refractivity contribution in [3.05, 3.63) is 78.6 Å². The van der Waals surface area contributed by atoms with Crippen molar-refractivity contribution in [3.63, 3.8) is 0 Å². The average Bonchev–Trinajstić information content (AvgIpc) is 2.81. The van der Waals surface area contributed by atoms with Gasteiger partial charge in [0, 0.05) is 25.7 Å². The minimum Gasteiger partial charge on any atom is -0.493 e. The number of halogens is 1. The lowest BCUT2D eigenvalue weighted by Gasteiger charge is -2.17. The molecule has 0 bridgehead atoms. The number of carbonyl (C=O) groups excluding carboxylic acids is 1. The van der Waals surface area contributed by atoms with Crippen LogP contribution in [0.15, 0.2) is 77.7 Å². The molecule has 0 fully saturated rings. The lowest BCUT2D eigenvalue weighted by molar-refractivity contribution is -0.116. The van der Waals surface area contributed by atoms with E-state index in [1.54, 1.807) is 43.5 Å². The molecular weight excluding hydrogens is 447 g/mol. The van der Waals surface area contributed by atoms with Crippen LogP contribution in [-0.4, -0.2) is 39.3 Å². The summed E-state index contributed by atoms with van der Waals surface area (Å²) in [6.07, 6.45) is 0.473. The highest BCUT2D eigenvalue weighted by atomic mass is 32.2. The molecule has 0 radical (unpaired) electrons. The predicted octanol–water partition coefficient (Wildman–Crippen LogP) is 4.67. The molecule has 1 N–H and O–H groups in total. The predicted molar refractivity (Wildman–Crippen MR) is 124 cm³/mol. The van der Waals surface area contributed by atoms with Gasteiger partial charge in [-0.1, -0.05) is 12.1 Å². The number of benzene rings is 3. The van der Waals surface area contributed by atoms with Crippen LogP contribution in [0.5, 0.6) is 17.2 Å². The van der Waals surface area contributed by atoms with Crippen molar-refractivity contribution in [3.8, 4) is 17.2 Å². The second-order valence-electron chi connectivity index (χ2n) is 7.21. The Kier molecular flexibility index (Phi) is 8.02. The molecule has 0 saturated heterocycles. The van der Waals surface area contributed by atoms with Crippen molar-refractivity contribution in [2.24, 2.45) is 0 Å². The van der Waals surface area contributed by atoms with E-state index < -0.39 is 15.8 Å². The van der Waals surface area contributed by atoms with Crippen LogP contribution in [0.3, 0.4) is 0 Å². The lowest BCUT2D eigenvalue weighted by atomic mass is 10.2. The summed E-state index contributed by atoms with van der Waals surface area (Å²) in [5, 5.41) is 2.78. The fraction of sp³-hybridized carbons (Fsp3) is 0.208. The fourth-order valence-electron chi connectivity index (χ4n) is 3.03. The molecule has 3 rings (SSSR count). The van der Waals surface area contributed by atoms with Gasteiger partial charge in [-0.15, -0.1) is 0 Å². The van der Waals surface area contributed by atoms with Gasteiger partial charge in [-0.05, 0) is 67.1 Å². The van der Waals surface area contributed by atoms with E-state index in [1.165, 1.54) is 19.2 Å². The van der Waals surface area contributed by atoms with E-state index in [4.69, 9.17) is 9.47 Å². The smallest absolute Gasteiger partial charge is 0.242 e. The minimum atomic E-state index is -3.74. The van der Waals surface area contributed by atoms with Gasteiger partial charge in [-0.3, -0.25) is 4.79 Å². The molecule has 0 aromatic heterocycles. The first kappa shape index (κ1) is 24.2. The number of methoxy groups -OCH3 is 1. The summed E-state index contributed by atoms with van der Waals surface area (Å²) < 4.78 is 50.2. The molecule has 0 atom stereocenters.